The molecular formula is C21H21NO. The van der Waals surface area contributed by atoms with Crippen molar-refractivity contribution < 1.29 is 4.79 Å². The van der Waals surface area contributed by atoms with E-state index in [9.17, 15) is 4.79 Å². The van der Waals surface area contributed by atoms with Crippen molar-refractivity contribution in [2.45, 2.75) is 12.8 Å². The SMILES string of the molecule is CN(C)c1ccc(/C=C/C=C2/CCc3ccccc3C2=O)cc1. The first-order chi connectivity index (χ1) is 11.1. The lowest BCUT2D eigenvalue weighted by molar-refractivity contribution is 0.102. The van der Waals surface area contributed by atoms with Crippen LogP contribution in [0.5, 0.6) is 0 Å². The van der Waals surface area contributed by atoms with Crippen molar-refractivity contribution in [1.29, 1.82) is 0 Å². The number of allylic oxidation sites excluding steroid dienone is 3. The van der Waals surface area contributed by atoms with Crippen molar-refractivity contribution in [3.8, 4) is 0 Å². The smallest absolute Gasteiger partial charge is 0.189 e. The van der Waals surface area contributed by atoms with Crippen molar-refractivity contribution in [3.05, 3.63) is 82.9 Å². The molecule has 2 heteroatoms. The summed E-state index contributed by atoms with van der Waals surface area (Å²) in [6.07, 6.45) is 7.74. The van der Waals surface area contributed by atoms with Gasteiger partial charge in [-0.1, -0.05) is 54.6 Å². The number of rotatable bonds is 3. The van der Waals surface area contributed by atoms with Gasteiger partial charge in [0.2, 0.25) is 0 Å². The fourth-order valence-electron chi connectivity index (χ4n) is 2.83. The van der Waals surface area contributed by atoms with Crippen molar-refractivity contribution in [3.63, 3.8) is 0 Å². The van der Waals surface area contributed by atoms with Crippen molar-refractivity contribution in [2.24, 2.45) is 0 Å². The second-order valence-corrected chi connectivity index (χ2v) is 6.02. The molecule has 1 aliphatic rings. The molecule has 116 valence electrons. The van der Waals surface area contributed by atoms with E-state index >= 15 is 0 Å². The molecular weight excluding hydrogens is 282 g/mol. The van der Waals surface area contributed by atoms with Gasteiger partial charge in [-0.3, -0.25) is 4.79 Å². The largest absolute Gasteiger partial charge is 0.378 e. The minimum atomic E-state index is 0.166. The van der Waals surface area contributed by atoms with Crippen LogP contribution in [-0.4, -0.2) is 19.9 Å². The molecule has 0 saturated heterocycles. The molecule has 1 aliphatic carbocycles. The summed E-state index contributed by atoms with van der Waals surface area (Å²) in [5.74, 6) is 0.166. The fraction of sp³-hybridized carbons (Fsp3) is 0.190. The molecule has 0 heterocycles. The monoisotopic (exact) mass is 303 g/mol. The molecule has 0 spiro atoms. The predicted molar refractivity (Wildman–Crippen MR) is 97.0 cm³/mol. The summed E-state index contributed by atoms with van der Waals surface area (Å²) in [5.41, 5.74) is 5.23. The third kappa shape index (κ3) is 3.42. The van der Waals surface area contributed by atoms with Crippen LogP contribution in [0.4, 0.5) is 5.69 Å². The van der Waals surface area contributed by atoms with Gasteiger partial charge in [-0.15, -0.1) is 0 Å². The number of nitrogens with zero attached hydrogens (tertiary/aromatic N) is 1. The lowest BCUT2D eigenvalue weighted by Gasteiger charge is -2.16. The number of ketones is 1. The number of carbonyl (C=O) groups excluding carboxylic acids is 1. The number of benzene rings is 2. The molecule has 2 nitrogen and oxygen atoms in total. The molecule has 0 N–H and O–H groups in total. The van der Waals surface area contributed by atoms with Crippen LogP contribution in [0.15, 0.2) is 66.3 Å². The molecule has 0 saturated carbocycles. The maximum atomic E-state index is 12.5. The summed E-state index contributed by atoms with van der Waals surface area (Å²) in [7, 11) is 4.06. The first kappa shape index (κ1) is 15.3. The molecule has 0 fully saturated rings. The van der Waals surface area contributed by atoms with Gasteiger partial charge in [-0.05, 0) is 36.1 Å². The summed E-state index contributed by atoms with van der Waals surface area (Å²) in [5, 5.41) is 0. The molecule has 3 rings (SSSR count). The number of aryl methyl sites for hydroxylation is 1. The quantitative estimate of drug-likeness (QED) is 0.777. The highest BCUT2D eigenvalue weighted by Crippen LogP contribution is 2.25. The zero-order valence-electron chi connectivity index (χ0n) is 13.6. The Balaban J connectivity index is 1.74. The number of carbonyl (C=O) groups is 1. The Labute approximate surface area is 137 Å². The lowest BCUT2D eigenvalue weighted by atomic mass is 9.87. The minimum absolute atomic E-state index is 0.166. The van der Waals surface area contributed by atoms with Crippen LogP contribution in [0.25, 0.3) is 6.08 Å². The van der Waals surface area contributed by atoms with Gasteiger partial charge in [0, 0.05) is 30.9 Å². The Morgan fingerprint density at radius 3 is 2.43 bits per heavy atom. The van der Waals surface area contributed by atoms with E-state index in [1.165, 1.54) is 5.69 Å². The standard InChI is InChI=1S/C21H21NO/c1-22(2)19-14-10-16(11-15-19)6-5-8-18-13-12-17-7-3-4-9-20(17)21(18)23/h3-11,14-15H,12-13H2,1-2H3/b6-5+,18-8-. The Morgan fingerprint density at radius 1 is 0.957 bits per heavy atom. The van der Waals surface area contributed by atoms with E-state index in [4.69, 9.17) is 0 Å². The molecule has 2 aromatic carbocycles. The predicted octanol–water partition coefficient (Wildman–Crippen LogP) is 4.52. The van der Waals surface area contributed by atoms with Crippen LogP contribution in [0.3, 0.4) is 0 Å². The first-order valence-electron chi connectivity index (χ1n) is 7.92. The maximum Gasteiger partial charge on any atom is 0.189 e. The summed E-state index contributed by atoms with van der Waals surface area (Å²) in [6.45, 7) is 0. The van der Waals surface area contributed by atoms with E-state index in [2.05, 4.69) is 29.2 Å². The van der Waals surface area contributed by atoms with Gasteiger partial charge < -0.3 is 4.90 Å². The third-order valence-corrected chi connectivity index (χ3v) is 4.21. The molecule has 0 aliphatic heterocycles. The number of hydrogen-bond acceptors (Lipinski definition) is 2. The van der Waals surface area contributed by atoms with Crippen LogP contribution in [0, 0.1) is 0 Å². The first-order valence-corrected chi connectivity index (χ1v) is 7.92. The Bertz CT molecular complexity index is 767. The molecule has 0 bridgehead atoms. The zero-order valence-corrected chi connectivity index (χ0v) is 13.6. The van der Waals surface area contributed by atoms with Gasteiger partial charge in [0.05, 0.1) is 0 Å². The van der Waals surface area contributed by atoms with Crippen LogP contribution in [-0.2, 0) is 6.42 Å². The summed E-state index contributed by atoms with van der Waals surface area (Å²) < 4.78 is 0. The molecule has 2 aromatic rings. The molecule has 0 atom stereocenters. The van der Waals surface area contributed by atoms with E-state index in [1.54, 1.807) is 0 Å². The average Bonchev–Trinajstić information content (AvgIpc) is 2.57. The van der Waals surface area contributed by atoms with E-state index < -0.39 is 0 Å². The zero-order chi connectivity index (χ0) is 16.2. The second kappa shape index (κ2) is 6.66. The number of Topliss-reactive ketones (excluding diaryl/α,β-unsaturated/α-hetero) is 1. The van der Waals surface area contributed by atoms with Crippen molar-refractivity contribution >= 4 is 17.5 Å². The lowest BCUT2D eigenvalue weighted by Crippen LogP contribution is -2.13. The second-order valence-electron chi connectivity index (χ2n) is 6.02. The molecule has 23 heavy (non-hydrogen) atoms. The minimum Gasteiger partial charge on any atom is -0.378 e. The number of anilines is 1. The van der Waals surface area contributed by atoms with Crippen molar-refractivity contribution in [1.82, 2.24) is 0 Å². The summed E-state index contributed by atoms with van der Waals surface area (Å²) in [4.78, 5) is 14.5. The Kier molecular flexibility index (Phi) is 4.42. The van der Waals surface area contributed by atoms with E-state index in [-0.39, 0.29) is 5.78 Å². The van der Waals surface area contributed by atoms with Crippen molar-refractivity contribution in [2.75, 3.05) is 19.0 Å². The molecule has 0 amide bonds. The molecule has 0 aromatic heterocycles. The number of fused-ring (bicyclic) bond motifs is 1. The van der Waals surface area contributed by atoms with E-state index in [0.29, 0.717) is 0 Å². The van der Waals surface area contributed by atoms with E-state index in [1.807, 2.05) is 56.6 Å². The van der Waals surface area contributed by atoms with Gasteiger partial charge in [0.25, 0.3) is 0 Å². The van der Waals surface area contributed by atoms with E-state index in [0.717, 1.165) is 35.1 Å². The van der Waals surface area contributed by atoms with Gasteiger partial charge in [-0.2, -0.15) is 0 Å². The topological polar surface area (TPSA) is 20.3 Å². The maximum absolute atomic E-state index is 12.5. The van der Waals surface area contributed by atoms with Crippen LogP contribution in [0.1, 0.15) is 27.9 Å². The third-order valence-electron chi connectivity index (χ3n) is 4.21. The normalized spacial score (nSPS) is 15.9. The van der Waals surface area contributed by atoms with Crippen LogP contribution >= 0.6 is 0 Å². The Morgan fingerprint density at radius 2 is 1.70 bits per heavy atom. The molecule has 0 unspecified atom stereocenters. The van der Waals surface area contributed by atoms with Crippen LogP contribution in [0.2, 0.25) is 0 Å². The highest BCUT2D eigenvalue weighted by atomic mass is 16.1. The van der Waals surface area contributed by atoms with Gasteiger partial charge in [0.1, 0.15) is 0 Å². The highest BCUT2D eigenvalue weighted by Gasteiger charge is 2.20. The van der Waals surface area contributed by atoms with Gasteiger partial charge in [-0.25, -0.2) is 0 Å². The van der Waals surface area contributed by atoms with Crippen LogP contribution < -0.4 is 4.90 Å². The Hall–Kier alpha value is -2.61. The van der Waals surface area contributed by atoms with Gasteiger partial charge in [0.15, 0.2) is 5.78 Å². The molecule has 0 radical (unpaired) electrons. The highest BCUT2D eigenvalue weighted by molar-refractivity contribution is 6.10. The average molecular weight is 303 g/mol. The number of hydrogen-bond donors (Lipinski definition) is 0. The summed E-state index contributed by atoms with van der Waals surface area (Å²) in [6, 6.07) is 16.3. The fourth-order valence-corrected chi connectivity index (χ4v) is 2.83. The van der Waals surface area contributed by atoms with Gasteiger partial charge >= 0.3 is 0 Å². The summed E-state index contributed by atoms with van der Waals surface area (Å²) >= 11 is 0.